The lowest BCUT2D eigenvalue weighted by molar-refractivity contribution is 0.480. The van der Waals surface area contributed by atoms with E-state index >= 15 is 0 Å². The highest BCUT2D eigenvalue weighted by molar-refractivity contribution is 6.10. The van der Waals surface area contributed by atoms with Crippen LogP contribution in [0.2, 0.25) is 0 Å². The van der Waals surface area contributed by atoms with Crippen molar-refractivity contribution in [2.75, 3.05) is 16.5 Å². The Morgan fingerprint density at radius 1 is 0.411 bits per heavy atom. The summed E-state index contributed by atoms with van der Waals surface area (Å²) in [5.41, 5.74) is 14.8. The molecule has 7 aromatic carbocycles. The molecular formula is C68H72N4O. The first kappa shape index (κ1) is 49.2. The number of benzene rings is 7. The van der Waals surface area contributed by atoms with Crippen molar-refractivity contribution in [1.82, 2.24) is 9.55 Å². The summed E-state index contributed by atoms with van der Waals surface area (Å²) in [6, 6.07) is 64.2. The summed E-state index contributed by atoms with van der Waals surface area (Å²) in [5.74, 6) is 2.42. The molecule has 1 aliphatic heterocycles. The van der Waals surface area contributed by atoms with Crippen LogP contribution >= 0.6 is 0 Å². The number of hydrogen-bond acceptors (Lipinski definition) is 4. The lowest BCUT2D eigenvalue weighted by atomic mass is 9.78. The molecule has 0 amide bonds. The van der Waals surface area contributed by atoms with Gasteiger partial charge in [-0.05, 0) is 116 Å². The Morgan fingerprint density at radius 2 is 1.03 bits per heavy atom. The van der Waals surface area contributed by atoms with E-state index in [4.69, 9.17) is 9.72 Å². The quantitative estimate of drug-likeness (QED) is 0.137. The molecule has 10 rings (SSSR count). The van der Waals surface area contributed by atoms with Crippen molar-refractivity contribution in [3.63, 3.8) is 0 Å². The van der Waals surface area contributed by atoms with E-state index in [9.17, 15) is 0 Å². The molecular weight excluding hydrogens is 889 g/mol. The van der Waals surface area contributed by atoms with Crippen molar-refractivity contribution in [3.8, 4) is 28.4 Å². The predicted molar refractivity (Wildman–Crippen MR) is 309 cm³/mol. The van der Waals surface area contributed by atoms with E-state index < -0.39 is 0 Å². The van der Waals surface area contributed by atoms with Crippen molar-refractivity contribution in [3.05, 3.63) is 227 Å². The van der Waals surface area contributed by atoms with Gasteiger partial charge in [-0.15, -0.1) is 0 Å². The lowest BCUT2D eigenvalue weighted by Gasteiger charge is -2.33. The second-order valence-corrected chi connectivity index (χ2v) is 24.4. The zero-order valence-electron chi connectivity index (χ0n) is 45.3. The molecule has 0 atom stereocenters. The fourth-order valence-electron chi connectivity index (χ4n) is 10.5. The monoisotopic (exact) mass is 961 g/mol. The minimum absolute atomic E-state index is 0.0173. The summed E-state index contributed by atoms with van der Waals surface area (Å²) in [5, 5.41) is 2.35. The van der Waals surface area contributed by atoms with E-state index in [1.54, 1.807) is 0 Å². The number of nitrogens with zero attached hydrogens (tertiary/aromatic N) is 4. The number of allylic oxidation sites excluding steroid dienone is 1. The molecule has 1 aliphatic rings. The maximum absolute atomic E-state index is 7.19. The van der Waals surface area contributed by atoms with Gasteiger partial charge < -0.3 is 14.5 Å². The molecule has 0 N–H and O–H groups in total. The van der Waals surface area contributed by atoms with Gasteiger partial charge in [0, 0.05) is 68.6 Å². The van der Waals surface area contributed by atoms with E-state index in [2.05, 4.69) is 287 Å². The van der Waals surface area contributed by atoms with E-state index in [1.165, 1.54) is 61.3 Å². The van der Waals surface area contributed by atoms with Crippen molar-refractivity contribution < 1.29 is 4.74 Å². The minimum Gasteiger partial charge on any atom is -0.457 e. The molecule has 0 unspecified atom stereocenters. The van der Waals surface area contributed by atoms with Gasteiger partial charge in [0.05, 0.1) is 17.7 Å². The first-order valence-corrected chi connectivity index (χ1v) is 26.0. The Morgan fingerprint density at radius 3 is 1.66 bits per heavy atom. The standard InChI is InChI=1S/C68H72N4O/c1-64(2,3)50-29-32-60-59(40-50)58-31-30-56(43-61(58)72(60)63-41-51(33-34-69-63)67(10,11)48-25-19-15-20-26-48)73-57-39-53(68(12,13)49-27-21-16-22-28-49)38-54(42-57)70-44-62(66(7,8)9)71(45-70)55-36-47(46-23-17-14-18-24-46)35-52(37-55)65(4,5)6/h14-44H,45H2,1-13H3. The topological polar surface area (TPSA) is 33.5 Å². The molecule has 370 valence electrons. The van der Waals surface area contributed by atoms with Gasteiger partial charge in [0.15, 0.2) is 0 Å². The number of hydrogen-bond donors (Lipinski definition) is 0. The summed E-state index contributed by atoms with van der Waals surface area (Å²) in [4.78, 5) is 10.0. The molecule has 5 nitrogen and oxygen atoms in total. The van der Waals surface area contributed by atoms with Gasteiger partial charge in [-0.25, -0.2) is 4.98 Å². The first-order valence-electron chi connectivity index (χ1n) is 26.0. The van der Waals surface area contributed by atoms with Gasteiger partial charge in [-0.2, -0.15) is 0 Å². The number of rotatable bonds is 10. The van der Waals surface area contributed by atoms with Gasteiger partial charge in [0.1, 0.15) is 17.3 Å². The Balaban J connectivity index is 1.10. The molecule has 0 aliphatic carbocycles. The molecule has 0 bridgehead atoms. The Kier molecular flexibility index (Phi) is 12.3. The highest BCUT2D eigenvalue weighted by Crippen LogP contribution is 2.45. The number of aromatic nitrogens is 2. The molecule has 9 aromatic rings. The van der Waals surface area contributed by atoms with Crippen LogP contribution in [0.3, 0.4) is 0 Å². The van der Waals surface area contributed by atoms with Gasteiger partial charge in [-0.3, -0.25) is 4.57 Å². The van der Waals surface area contributed by atoms with Crippen LogP contribution in [0.5, 0.6) is 11.5 Å². The summed E-state index contributed by atoms with van der Waals surface area (Å²) < 4.78 is 9.51. The van der Waals surface area contributed by atoms with Crippen LogP contribution in [0.15, 0.2) is 194 Å². The molecule has 0 radical (unpaired) electrons. The SMILES string of the molecule is CC(C)(C)C1=CN(c2cc(Oc3ccc4c5cc(C(C)(C)C)ccc5n(-c5cc(C(C)(C)c6ccccc6)ccn5)c4c3)cc(C(C)(C)c3ccccc3)c2)CN1c1cc(-c2ccccc2)cc(C(C)(C)C)c1. The second kappa shape index (κ2) is 18.3. The van der Waals surface area contributed by atoms with Crippen LogP contribution in [0, 0.1) is 5.41 Å². The lowest BCUT2D eigenvalue weighted by Crippen LogP contribution is -2.31. The maximum atomic E-state index is 7.19. The minimum atomic E-state index is -0.331. The smallest absolute Gasteiger partial charge is 0.137 e. The Bertz CT molecular complexity index is 3510. The van der Waals surface area contributed by atoms with Crippen LogP contribution < -0.4 is 14.5 Å². The number of pyridine rings is 1. The maximum Gasteiger partial charge on any atom is 0.137 e. The van der Waals surface area contributed by atoms with Crippen molar-refractivity contribution in [2.45, 2.75) is 112 Å². The predicted octanol–water partition coefficient (Wildman–Crippen LogP) is 18.1. The zero-order valence-corrected chi connectivity index (χ0v) is 45.3. The van der Waals surface area contributed by atoms with Crippen LogP contribution in [-0.4, -0.2) is 16.2 Å². The fraction of sp³-hybridized carbons (Fsp3) is 0.279. The summed E-state index contributed by atoms with van der Waals surface area (Å²) in [6.45, 7) is 30.6. The highest BCUT2D eigenvalue weighted by atomic mass is 16.5. The summed E-state index contributed by atoms with van der Waals surface area (Å²) in [7, 11) is 0. The molecule has 0 saturated heterocycles. The third kappa shape index (κ3) is 9.59. The first-order chi connectivity index (χ1) is 34.6. The molecule has 0 saturated carbocycles. The van der Waals surface area contributed by atoms with Gasteiger partial charge in [0.2, 0.25) is 0 Å². The van der Waals surface area contributed by atoms with Crippen LogP contribution in [-0.2, 0) is 21.7 Å². The Hall–Kier alpha value is -7.37. The number of anilines is 2. The summed E-state index contributed by atoms with van der Waals surface area (Å²) in [6.07, 6.45) is 4.32. The average molecular weight is 961 g/mol. The molecule has 0 spiro atoms. The summed E-state index contributed by atoms with van der Waals surface area (Å²) >= 11 is 0. The second-order valence-electron chi connectivity index (χ2n) is 24.4. The molecule has 3 heterocycles. The van der Waals surface area contributed by atoms with E-state index in [0.717, 1.165) is 39.4 Å². The Labute approximate surface area is 434 Å². The van der Waals surface area contributed by atoms with Crippen LogP contribution in [0.25, 0.3) is 38.8 Å². The van der Waals surface area contributed by atoms with Gasteiger partial charge in [0.25, 0.3) is 0 Å². The molecule has 0 fully saturated rings. The largest absolute Gasteiger partial charge is 0.457 e. The third-order valence-electron chi connectivity index (χ3n) is 15.3. The van der Waals surface area contributed by atoms with Gasteiger partial charge in [-0.1, -0.05) is 193 Å². The van der Waals surface area contributed by atoms with Gasteiger partial charge >= 0.3 is 0 Å². The van der Waals surface area contributed by atoms with E-state index in [0.29, 0.717) is 6.67 Å². The van der Waals surface area contributed by atoms with Crippen molar-refractivity contribution in [1.29, 1.82) is 0 Å². The van der Waals surface area contributed by atoms with E-state index in [1.807, 2.05) is 6.20 Å². The average Bonchev–Trinajstić information content (AvgIpc) is 3.97. The third-order valence-corrected chi connectivity index (χ3v) is 15.3. The van der Waals surface area contributed by atoms with Crippen LogP contribution in [0.4, 0.5) is 11.4 Å². The highest BCUT2D eigenvalue weighted by Gasteiger charge is 2.34. The number of ether oxygens (including phenoxy) is 1. The van der Waals surface area contributed by atoms with Crippen molar-refractivity contribution >= 4 is 33.2 Å². The van der Waals surface area contributed by atoms with E-state index in [-0.39, 0.29) is 27.1 Å². The number of fused-ring (bicyclic) bond motifs is 3. The fourth-order valence-corrected chi connectivity index (χ4v) is 10.5. The van der Waals surface area contributed by atoms with Crippen LogP contribution in [0.1, 0.15) is 123 Å². The normalized spacial score (nSPS) is 13.8. The molecule has 73 heavy (non-hydrogen) atoms. The van der Waals surface area contributed by atoms with Crippen molar-refractivity contribution in [2.24, 2.45) is 5.41 Å². The zero-order chi connectivity index (χ0) is 51.7. The molecule has 5 heteroatoms. The molecule has 2 aromatic heterocycles.